The zero-order valence-corrected chi connectivity index (χ0v) is 21.4. The Kier molecular flexibility index (Phi) is 6.74. The highest BCUT2D eigenvalue weighted by molar-refractivity contribution is 5.45. The maximum absolute atomic E-state index is 4.99. The molecule has 1 saturated carbocycles. The van der Waals surface area contributed by atoms with Crippen LogP contribution in [0.5, 0.6) is 0 Å². The maximum atomic E-state index is 4.99. The number of hydrogen-bond donors (Lipinski definition) is 0. The van der Waals surface area contributed by atoms with Crippen molar-refractivity contribution in [1.82, 2.24) is 19.9 Å². The first-order chi connectivity index (χ1) is 17.1. The van der Waals surface area contributed by atoms with Crippen LogP contribution in [0.2, 0.25) is 0 Å². The molecule has 6 nitrogen and oxygen atoms in total. The Morgan fingerprint density at radius 3 is 1.80 bits per heavy atom. The van der Waals surface area contributed by atoms with Crippen LogP contribution in [0.15, 0.2) is 67.0 Å². The van der Waals surface area contributed by atoms with Crippen LogP contribution >= 0.6 is 0 Å². The van der Waals surface area contributed by atoms with Gasteiger partial charge in [0.15, 0.2) is 0 Å². The molecule has 2 aromatic carbocycles. The predicted octanol–water partition coefficient (Wildman–Crippen LogP) is 5.22. The smallest absolute Gasteiger partial charge is 0.230 e. The zero-order valence-electron chi connectivity index (χ0n) is 21.4. The Hall–Kier alpha value is -2.99. The molecule has 0 bridgehead atoms. The summed E-state index contributed by atoms with van der Waals surface area (Å²) in [6.45, 7) is 2.05. The molecule has 3 aromatic rings. The summed E-state index contributed by atoms with van der Waals surface area (Å²) in [6, 6.07) is 22.0. The van der Waals surface area contributed by atoms with E-state index in [9.17, 15) is 0 Å². The third-order valence-electron chi connectivity index (χ3n) is 8.51. The minimum absolute atomic E-state index is 0.0262. The molecule has 2 fully saturated rings. The quantitative estimate of drug-likeness (QED) is 0.492. The summed E-state index contributed by atoms with van der Waals surface area (Å²) in [5.74, 6) is 1.58. The molecule has 1 aromatic heterocycles. The largest absolute Gasteiger partial charge is 0.341 e. The molecule has 1 saturated heterocycles. The molecule has 6 heteroatoms. The minimum Gasteiger partial charge on any atom is -0.341 e. The lowest BCUT2D eigenvalue weighted by Crippen LogP contribution is -2.54. The summed E-state index contributed by atoms with van der Waals surface area (Å²) in [4.78, 5) is 21.3. The van der Waals surface area contributed by atoms with Gasteiger partial charge in [-0.25, -0.2) is 9.97 Å². The maximum Gasteiger partial charge on any atom is 0.230 e. The van der Waals surface area contributed by atoms with Crippen molar-refractivity contribution >= 4 is 11.9 Å². The SMILES string of the molecule is CN(C)C1(c2ccccc2)CCC(c2ccccc2)(N(C)c2ncnc(N3CCCCC3)n2)CC1. The highest BCUT2D eigenvalue weighted by atomic mass is 15.4. The van der Waals surface area contributed by atoms with Gasteiger partial charge in [-0.15, -0.1) is 0 Å². The van der Waals surface area contributed by atoms with Crippen molar-refractivity contribution in [2.45, 2.75) is 56.0 Å². The molecule has 2 heterocycles. The van der Waals surface area contributed by atoms with Crippen LogP contribution in [0.25, 0.3) is 0 Å². The number of nitrogens with zero attached hydrogens (tertiary/aromatic N) is 6. The first-order valence-electron chi connectivity index (χ1n) is 13.0. The standard InChI is InChI=1S/C29H38N6/c1-33(2)28(24-13-7-4-8-14-24)17-19-29(20-18-28,25-15-9-5-10-16-25)34(3)26-30-23-31-27(32-26)35-21-11-6-12-22-35/h4-5,7-10,13-16,23H,6,11-12,17-22H2,1-3H3. The molecule has 0 spiro atoms. The van der Waals surface area contributed by atoms with E-state index in [1.54, 1.807) is 6.33 Å². The van der Waals surface area contributed by atoms with E-state index in [4.69, 9.17) is 4.98 Å². The fourth-order valence-corrected chi connectivity index (χ4v) is 6.26. The number of benzene rings is 2. The van der Waals surface area contributed by atoms with E-state index in [1.807, 2.05) is 0 Å². The van der Waals surface area contributed by atoms with Gasteiger partial charge in [0.05, 0.1) is 5.54 Å². The molecule has 0 atom stereocenters. The Morgan fingerprint density at radius 1 is 0.686 bits per heavy atom. The van der Waals surface area contributed by atoms with Gasteiger partial charge in [-0.05, 0) is 70.2 Å². The van der Waals surface area contributed by atoms with Gasteiger partial charge in [0.25, 0.3) is 0 Å². The summed E-state index contributed by atoms with van der Waals surface area (Å²) >= 11 is 0. The van der Waals surface area contributed by atoms with E-state index < -0.39 is 0 Å². The lowest BCUT2D eigenvalue weighted by Gasteiger charge is -2.53. The van der Waals surface area contributed by atoms with Crippen LogP contribution in [0.1, 0.15) is 56.1 Å². The topological polar surface area (TPSA) is 48.4 Å². The first kappa shape index (κ1) is 23.7. The molecule has 0 amide bonds. The van der Waals surface area contributed by atoms with E-state index in [-0.39, 0.29) is 11.1 Å². The normalized spacial score (nSPS) is 25.0. The van der Waals surface area contributed by atoms with Crippen LogP contribution in [-0.2, 0) is 11.1 Å². The average molecular weight is 471 g/mol. The van der Waals surface area contributed by atoms with Gasteiger partial charge in [-0.1, -0.05) is 60.7 Å². The molecule has 2 aliphatic rings. The zero-order chi connectivity index (χ0) is 24.3. The molecule has 0 radical (unpaired) electrons. The molecule has 5 rings (SSSR count). The van der Waals surface area contributed by atoms with E-state index in [0.29, 0.717) is 0 Å². The molecule has 0 unspecified atom stereocenters. The fraction of sp³-hybridized carbons (Fsp3) is 0.483. The van der Waals surface area contributed by atoms with Crippen LogP contribution in [0, 0.1) is 0 Å². The van der Waals surface area contributed by atoms with Crippen LogP contribution in [0.4, 0.5) is 11.9 Å². The van der Waals surface area contributed by atoms with Crippen molar-refractivity contribution in [3.63, 3.8) is 0 Å². The molecular formula is C29H38N6. The second kappa shape index (κ2) is 9.94. The van der Waals surface area contributed by atoms with Gasteiger partial charge >= 0.3 is 0 Å². The second-order valence-corrected chi connectivity index (χ2v) is 10.4. The van der Waals surface area contributed by atoms with Crippen LogP contribution < -0.4 is 9.80 Å². The number of piperidine rings is 1. The number of hydrogen-bond acceptors (Lipinski definition) is 6. The fourth-order valence-electron chi connectivity index (χ4n) is 6.26. The molecule has 35 heavy (non-hydrogen) atoms. The molecule has 0 N–H and O–H groups in total. The van der Waals surface area contributed by atoms with Gasteiger partial charge in [-0.3, -0.25) is 4.90 Å². The van der Waals surface area contributed by atoms with Crippen molar-refractivity contribution < 1.29 is 0 Å². The Bertz CT molecular complexity index is 1090. The molecule has 1 aliphatic heterocycles. The third kappa shape index (κ3) is 4.40. The summed E-state index contributed by atoms with van der Waals surface area (Å²) < 4.78 is 0. The van der Waals surface area contributed by atoms with Crippen molar-refractivity contribution in [2.75, 3.05) is 44.0 Å². The average Bonchev–Trinajstić information content (AvgIpc) is 2.94. The third-order valence-corrected chi connectivity index (χ3v) is 8.51. The summed E-state index contributed by atoms with van der Waals surface area (Å²) in [5, 5.41) is 0. The number of anilines is 2. The van der Waals surface area contributed by atoms with Gasteiger partial charge < -0.3 is 9.80 Å². The Labute approximate surface area is 210 Å². The van der Waals surface area contributed by atoms with Crippen LogP contribution in [-0.4, -0.2) is 54.1 Å². The van der Waals surface area contributed by atoms with E-state index in [2.05, 4.69) is 106 Å². The van der Waals surface area contributed by atoms with E-state index >= 15 is 0 Å². The van der Waals surface area contributed by atoms with Crippen LogP contribution in [0.3, 0.4) is 0 Å². The first-order valence-corrected chi connectivity index (χ1v) is 13.0. The summed E-state index contributed by atoms with van der Waals surface area (Å²) in [6.07, 6.45) is 9.56. The van der Waals surface area contributed by atoms with Crippen molar-refractivity contribution in [1.29, 1.82) is 0 Å². The van der Waals surface area contributed by atoms with E-state index in [0.717, 1.165) is 50.7 Å². The second-order valence-electron chi connectivity index (χ2n) is 10.4. The van der Waals surface area contributed by atoms with Crippen molar-refractivity contribution in [2.24, 2.45) is 0 Å². The van der Waals surface area contributed by atoms with Gasteiger partial charge in [0.1, 0.15) is 6.33 Å². The van der Waals surface area contributed by atoms with Gasteiger partial charge in [0, 0.05) is 25.7 Å². The predicted molar refractivity (Wildman–Crippen MR) is 143 cm³/mol. The highest BCUT2D eigenvalue weighted by Crippen LogP contribution is 2.51. The lowest BCUT2D eigenvalue weighted by atomic mass is 9.66. The summed E-state index contributed by atoms with van der Waals surface area (Å²) in [5.41, 5.74) is 2.60. The molecular weight excluding hydrogens is 432 g/mol. The van der Waals surface area contributed by atoms with Gasteiger partial charge in [0.2, 0.25) is 11.9 Å². The number of rotatable bonds is 6. The molecule has 1 aliphatic carbocycles. The van der Waals surface area contributed by atoms with E-state index in [1.165, 1.54) is 30.4 Å². The Morgan fingerprint density at radius 2 is 1.23 bits per heavy atom. The van der Waals surface area contributed by atoms with Crippen molar-refractivity contribution in [3.05, 3.63) is 78.1 Å². The van der Waals surface area contributed by atoms with Gasteiger partial charge in [-0.2, -0.15) is 4.98 Å². The lowest BCUT2D eigenvalue weighted by molar-refractivity contribution is 0.0642. The molecule has 184 valence electrons. The monoisotopic (exact) mass is 470 g/mol. The number of aromatic nitrogens is 3. The minimum atomic E-state index is -0.171. The Balaban J connectivity index is 1.50. The van der Waals surface area contributed by atoms with Crippen molar-refractivity contribution in [3.8, 4) is 0 Å². The highest BCUT2D eigenvalue weighted by Gasteiger charge is 2.48. The summed E-state index contributed by atoms with van der Waals surface area (Å²) in [7, 11) is 6.62.